The highest BCUT2D eigenvalue weighted by molar-refractivity contribution is 5.76. The van der Waals surface area contributed by atoms with Crippen LogP contribution in [0.15, 0.2) is 72.8 Å². The van der Waals surface area contributed by atoms with Gasteiger partial charge in [0.1, 0.15) is 0 Å². The van der Waals surface area contributed by atoms with Gasteiger partial charge in [0.15, 0.2) is 18.9 Å². The number of anilines is 3. The molecule has 3 heterocycles. The molecule has 0 unspecified atom stereocenters. The van der Waals surface area contributed by atoms with E-state index in [-0.39, 0.29) is 18.9 Å². The summed E-state index contributed by atoms with van der Waals surface area (Å²) in [5, 5.41) is 0. The van der Waals surface area contributed by atoms with E-state index in [0.717, 1.165) is 33.8 Å². The molecule has 7 nitrogen and oxygen atoms in total. The van der Waals surface area contributed by atoms with Crippen molar-refractivity contribution in [1.82, 2.24) is 0 Å². The Bertz CT molecular complexity index is 926. The van der Waals surface area contributed by atoms with Crippen LogP contribution >= 0.6 is 0 Å². The van der Waals surface area contributed by atoms with Gasteiger partial charge in [0.2, 0.25) is 0 Å². The van der Waals surface area contributed by atoms with Gasteiger partial charge < -0.3 is 33.3 Å². The number of rotatable bonds is 6. The van der Waals surface area contributed by atoms with E-state index in [9.17, 15) is 0 Å². The second-order valence-electron chi connectivity index (χ2n) is 8.33. The smallest absolute Gasteiger partial charge is 0.184 e. The molecule has 0 saturated carbocycles. The molecule has 3 aliphatic heterocycles. The Hall–Kier alpha value is -2.78. The lowest BCUT2D eigenvalue weighted by atomic mass is 10.1. The SMILES string of the molecule is c1cc(N(c2ccc(C3OCCO3)cc2)c2ccc(C3OCCO3)cc2)ccc1C1OCCO1. The van der Waals surface area contributed by atoms with Gasteiger partial charge in [-0.1, -0.05) is 36.4 Å². The minimum Gasteiger partial charge on any atom is -0.346 e. The van der Waals surface area contributed by atoms with Gasteiger partial charge in [0.05, 0.1) is 39.6 Å². The first-order chi connectivity index (χ1) is 16.8. The molecule has 0 aromatic heterocycles. The first-order valence-electron chi connectivity index (χ1n) is 11.6. The average Bonchev–Trinajstić information content (AvgIpc) is 3.69. The maximum Gasteiger partial charge on any atom is 0.184 e. The summed E-state index contributed by atoms with van der Waals surface area (Å²) in [6, 6.07) is 24.9. The molecule has 0 N–H and O–H groups in total. The number of benzene rings is 3. The van der Waals surface area contributed by atoms with Crippen molar-refractivity contribution in [2.24, 2.45) is 0 Å². The van der Waals surface area contributed by atoms with Crippen molar-refractivity contribution >= 4 is 17.1 Å². The number of hydrogen-bond acceptors (Lipinski definition) is 7. The van der Waals surface area contributed by atoms with Crippen LogP contribution in [-0.4, -0.2) is 39.6 Å². The fraction of sp³-hybridized carbons (Fsp3) is 0.333. The summed E-state index contributed by atoms with van der Waals surface area (Å²) in [4.78, 5) is 2.21. The molecule has 0 amide bonds. The summed E-state index contributed by atoms with van der Waals surface area (Å²) in [5.74, 6) is 0. The van der Waals surface area contributed by atoms with Crippen LogP contribution in [0.4, 0.5) is 17.1 Å². The summed E-state index contributed by atoms with van der Waals surface area (Å²) in [6.45, 7) is 3.75. The van der Waals surface area contributed by atoms with Crippen molar-refractivity contribution in [3.05, 3.63) is 89.5 Å². The Labute approximate surface area is 198 Å². The summed E-state index contributed by atoms with van der Waals surface area (Å²) in [5.41, 5.74) is 6.13. The number of nitrogens with zero attached hydrogens (tertiary/aromatic N) is 1. The molecule has 3 aromatic carbocycles. The highest BCUT2D eigenvalue weighted by Gasteiger charge is 2.22. The summed E-state index contributed by atoms with van der Waals surface area (Å²) >= 11 is 0. The van der Waals surface area contributed by atoms with Crippen LogP contribution in [0.1, 0.15) is 35.6 Å². The van der Waals surface area contributed by atoms with E-state index >= 15 is 0 Å². The third-order valence-electron chi connectivity index (χ3n) is 6.14. The molecule has 0 bridgehead atoms. The van der Waals surface area contributed by atoms with Crippen molar-refractivity contribution in [2.75, 3.05) is 44.5 Å². The molecule has 34 heavy (non-hydrogen) atoms. The third kappa shape index (κ3) is 4.46. The van der Waals surface area contributed by atoms with Crippen LogP contribution in [0.5, 0.6) is 0 Å². The van der Waals surface area contributed by atoms with Crippen molar-refractivity contribution in [2.45, 2.75) is 18.9 Å². The molecule has 176 valence electrons. The lowest BCUT2D eigenvalue weighted by Gasteiger charge is -2.26. The molecular formula is C27H27NO6. The quantitative estimate of drug-likeness (QED) is 0.494. The van der Waals surface area contributed by atoms with Gasteiger partial charge in [0, 0.05) is 33.8 Å². The van der Waals surface area contributed by atoms with Gasteiger partial charge in [-0.25, -0.2) is 0 Å². The van der Waals surface area contributed by atoms with Gasteiger partial charge >= 0.3 is 0 Å². The molecule has 3 saturated heterocycles. The highest BCUT2D eigenvalue weighted by atomic mass is 16.7. The van der Waals surface area contributed by atoms with Gasteiger partial charge in [-0.3, -0.25) is 0 Å². The molecule has 7 heteroatoms. The minimum absolute atomic E-state index is 0.293. The Morgan fingerprint density at radius 2 is 0.618 bits per heavy atom. The summed E-state index contributed by atoms with van der Waals surface area (Å²) < 4.78 is 33.9. The van der Waals surface area contributed by atoms with Crippen molar-refractivity contribution in [3.63, 3.8) is 0 Å². The molecule has 3 aliphatic rings. The highest BCUT2D eigenvalue weighted by Crippen LogP contribution is 2.37. The van der Waals surface area contributed by atoms with Gasteiger partial charge in [-0.2, -0.15) is 0 Å². The van der Waals surface area contributed by atoms with Crippen LogP contribution in [0.2, 0.25) is 0 Å². The summed E-state index contributed by atoms with van der Waals surface area (Å²) in [7, 11) is 0. The zero-order chi connectivity index (χ0) is 22.7. The Kier molecular flexibility index (Phi) is 6.29. The van der Waals surface area contributed by atoms with Gasteiger partial charge in [-0.05, 0) is 36.4 Å². The fourth-order valence-electron chi connectivity index (χ4n) is 4.44. The van der Waals surface area contributed by atoms with Crippen molar-refractivity contribution < 1.29 is 28.4 Å². The Morgan fingerprint density at radius 3 is 0.853 bits per heavy atom. The second-order valence-corrected chi connectivity index (χ2v) is 8.33. The van der Waals surface area contributed by atoms with E-state index < -0.39 is 0 Å². The fourth-order valence-corrected chi connectivity index (χ4v) is 4.44. The van der Waals surface area contributed by atoms with Crippen LogP contribution in [0.25, 0.3) is 0 Å². The lowest BCUT2D eigenvalue weighted by Crippen LogP contribution is -2.11. The van der Waals surface area contributed by atoms with Crippen molar-refractivity contribution in [1.29, 1.82) is 0 Å². The zero-order valence-corrected chi connectivity index (χ0v) is 18.8. The molecule has 0 aliphatic carbocycles. The second kappa shape index (κ2) is 9.84. The van der Waals surface area contributed by atoms with E-state index in [1.165, 1.54) is 0 Å². The van der Waals surface area contributed by atoms with Crippen LogP contribution in [0, 0.1) is 0 Å². The Balaban J connectivity index is 1.32. The summed E-state index contributed by atoms with van der Waals surface area (Å²) in [6.07, 6.45) is -0.878. The topological polar surface area (TPSA) is 58.6 Å². The molecule has 0 radical (unpaired) electrons. The van der Waals surface area contributed by atoms with E-state index in [2.05, 4.69) is 77.7 Å². The first-order valence-corrected chi connectivity index (χ1v) is 11.6. The minimum atomic E-state index is -0.293. The van der Waals surface area contributed by atoms with Gasteiger partial charge in [0.25, 0.3) is 0 Å². The predicted molar refractivity (Wildman–Crippen MR) is 125 cm³/mol. The third-order valence-corrected chi connectivity index (χ3v) is 6.14. The van der Waals surface area contributed by atoms with Crippen LogP contribution < -0.4 is 4.90 Å². The molecular weight excluding hydrogens is 434 g/mol. The molecule has 3 aromatic rings. The van der Waals surface area contributed by atoms with E-state index in [4.69, 9.17) is 28.4 Å². The van der Waals surface area contributed by atoms with E-state index in [1.807, 2.05) is 0 Å². The predicted octanol–water partition coefficient (Wildman–Crippen LogP) is 5.29. The zero-order valence-electron chi connectivity index (χ0n) is 18.8. The first kappa shape index (κ1) is 21.7. The molecule has 3 fully saturated rings. The monoisotopic (exact) mass is 461 g/mol. The van der Waals surface area contributed by atoms with E-state index in [0.29, 0.717) is 39.6 Å². The maximum absolute atomic E-state index is 5.65. The lowest BCUT2D eigenvalue weighted by molar-refractivity contribution is -0.0442. The van der Waals surface area contributed by atoms with Crippen molar-refractivity contribution in [3.8, 4) is 0 Å². The number of hydrogen-bond donors (Lipinski definition) is 0. The van der Waals surface area contributed by atoms with Gasteiger partial charge in [-0.15, -0.1) is 0 Å². The molecule has 6 rings (SSSR count). The van der Waals surface area contributed by atoms with Crippen LogP contribution in [0.3, 0.4) is 0 Å². The maximum atomic E-state index is 5.65. The molecule has 0 spiro atoms. The Morgan fingerprint density at radius 1 is 0.382 bits per heavy atom. The standard InChI is InChI=1S/C27H27NO6/c1-7-22(8-2-19(1)25-29-13-14-30-25)28(23-9-3-20(4-10-23)26-31-15-16-32-26)24-11-5-21(6-12-24)27-33-17-18-34-27/h1-12,25-27H,13-18H2. The van der Waals surface area contributed by atoms with Crippen LogP contribution in [-0.2, 0) is 28.4 Å². The largest absolute Gasteiger partial charge is 0.346 e. The normalized spacial score (nSPS) is 19.8. The average molecular weight is 462 g/mol. The molecule has 0 atom stereocenters. The number of ether oxygens (including phenoxy) is 6. The van der Waals surface area contributed by atoms with E-state index in [1.54, 1.807) is 0 Å².